The standard InChI is InChI=1S/C44H82NO8P/c1-6-8-10-12-14-16-18-20-22-24-26-28-30-32-38-50-40-43(41-52-54(48,49)51-39-37-45(3,4)5)53-44(47)36-33-35-42(46)34-31-29-27-25-23-21-19-17-15-13-11-9-7-2/h21,23,27,29,31-32,34,38,42-43,46H,6-20,22,24-26,28,30,33,35-37,39-41H2,1-5H3/p+1/b23-21+,29-27+,34-31+,38-32+/t42?,43-/m1/s1. The minimum atomic E-state index is -4.34. The van der Waals surface area contributed by atoms with Gasteiger partial charge in [0.2, 0.25) is 0 Å². The Bertz CT molecular complexity index is 1020. The molecule has 0 aliphatic rings. The molecule has 0 fully saturated rings. The molecule has 2 unspecified atom stereocenters. The van der Waals surface area contributed by atoms with Crippen LogP contribution in [0.1, 0.15) is 168 Å². The number of aliphatic hydroxyl groups excluding tert-OH is 1. The second kappa shape index (κ2) is 36.9. The van der Waals surface area contributed by atoms with Crippen molar-refractivity contribution in [3.63, 3.8) is 0 Å². The Balaban J connectivity index is 4.51. The number of hydrogen-bond donors (Lipinski definition) is 2. The Morgan fingerprint density at radius 3 is 1.81 bits per heavy atom. The van der Waals surface area contributed by atoms with Crippen LogP contribution in [0.15, 0.2) is 48.8 Å². The number of rotatable bonds is 39. The van der Waals surface area contributed by atoms with Crippen molar-refractivity contribution in [2.75, 3.05) is 47.5 Å². The molecule has 0 aromatic carbocycles. The molecule has 9 nitrogen and oxygen atoms in total. The zero-order valence-corrected chi connectivity index (χ0v) is 36.2. The van der Waals surface area contributed by atoms with Gasteiger partial charge in [-0.2, -0.15) is 0 Å². The van der Waals surface area contributed by atoms with E-state index in [0.717, 1.165) is 25.7 Å². The van der Waals surface area contributed by atoms with Gasteiger partial charge < -0.3 is 24.0 Å². The lowest BCUT2D eigenvalue weighted by Gasteiger charge is -2.24. The van der Waals surface area contributed by atoms with Crippen molar-refractivity contribution in [1.29, 1.82) is 0 Å². The number of likely N-dealkylation sites (N-methyl/N-ethyl adjacent to an activating group) is 1. The number of carbonyl (C=O) groups excluding carboxylic acids is 1. The second-order valence-corrected chi connectivity index (χ2v) is 17.1. The summed E-state index contributed by atoms with van der Waals surface area (Å²) in [6.45, 7) is 4.70. The lowest BCUT2D eigenvalue weighted by Crippen LogP contribution is -2.37. The maximum absolute atomic E-state index is 12.7. The van der Waals surface area contributed by atoms with Gasteiger partial charge in [-0.05, 0) is 51.0 Å². The molecule has 2 N–H and O–H groups in total. The lowest BCUT2D eigenvalue weighted by molar-refractivity contribution is -0.870. The molecule has 0 heterocycles. The molecular weight excluding hydrogens is 701 g/mol. The summed E-state index contributed by atoms with van der Waals surface area (Å²) in [6, 6.07) is 0. The number of aliphatic hydroxyl groups is 1. The maximum atomic E-state index is 12.7. The molecule has 0 radical (unpaired) electrons. The molecule has 0 aliphatic carbocycles. The fourth-order valence-corrected chi connectivity index (χ4v) is 6.39. The van der Waals surface area contributed by atoms with Crippen molar-refractivity contribution >= 4 is 13.8 Å². The molecule has 0 saturated carbocycles. The molecule has 3 atom stereocenters. The number of phosphoric ester groups is 1. The minimum absolute atomic E-state index is 0.0223. The molecule has 0 bridgehead atoms. The van der Waals surface area contributed by atoms with E-state index < -0.39 is 26.0 Å². The fraction of sp³-hybridized carbons (Fsp3) is 0.795. The van der Waals surface area contributed by atoms with Gasteiger partial charge in [-0.3, -0.25) is 13.8 Å². The molecule has 0 saturated heterocycles. The molecule has 0 amide bonds. The highest BCUT2D eigenvalue weighted by molar-refractivity contribution is 7.47. The monoisotopic (exact) mass is 785 g/mol. The van der Waals surface area contributed by atoms with E-state index in [2.05, 4.69) is 32.1 Å². The zero-order valence-electron chi connectivity index (χ0n) is 35.3. The van der Waals surface area contributed by atoms with Crippen LogP contribution in [0.25, 0.3) is 0 Å². The van der Waals surface area contributed by atoms with Crippen LogP contribution in [-0.2, 0) is 27.9 Å². The van der Waals surface area contributed by atoms with E-state index in [9.17, 15) is 19.4 Å². The third-order valence-electron chi connectivity index (χ3n) is 9.06. The van der Waals surface area contributed by atoms with Gasteiger partial charge in [0.25, 0.3) is 0 Å². The van der Waals surface area contributed by atoms with Crippen LogP contribution in [0, 0.1) is 0 Å². The van der Waals surface area contributed by atoms with Crippen molar-refractivity contribution in [2.24, 2.45) is 0 Å². The minimum Gasteiger partial charge on any atom is -0.498 e. The van der Waals surface area contributed by atoms with E-state index in [-0.39, 0.29) is 26.2 Å². The molecule has 0 spiro atoms. The number of phosphoric acid groups is 1. The molecule has 10 heteroatoms. The summed E-state index contributed by atoms with van der Waals surface area (Å²) in [5, 5.41) is 10.3. The van der Waals surface area contributed by atoms with Crippen molar-refractivity contribution < 1.29 is 42.4 Å². The average Bonchev–Trinajstić information content (AvgIpc) is 3.11. The van der Waals surface area contributed by atoms with Crippen molar-refractivity contribution in [3.8, 4) is 0 Å². The summed E-state index contributed by atoms with van der Waals surface area (Å²) < 4.78 is 34.5. The van der Waals surface area contributed by atoms with Gasteiger partial charge in [0.1, 0.15) is 19.8 Å². The summed E-state index contributed by atoms with van der Waals surface area (Å²) in [5.74, 6) is -0.491. The molecular formula is C44H83NO8P+. The van der Waals surface area contributed by atoms with E-state index in [1.807, 2.05) is 39.4 Å². The van der Waals surface area contributed by atoms with Gasteiger partial charge >= 0.3 is 13.8 Å². The summed E-state index contributed by atoms with van der Waals surface area (Å²) in [4.78, 5) is 22.8. The first-order valence-corrected chi connectivity index (χ1v) is 23.0. The summed E-state index contributed by atoms with van der Waals surface area (Å²) >= 11 is 0. The Kier molecular flexibility index (Phi) is 35.7. The number of ether oxygens (including phenoxy) is 2. The second-order valence-electron chi connectivity index (χ2n) is 15.6. The van der Waals surface area contributed by atoms with Gasteiger partial charge in [-0.25, -0.2) is 4.57 Å². The number of quaternary nitrogens is 1. The molecule has 316 valence electrons. The van der Waals surface area contributed by atoms with Crippen molar-refractivity contribution in [1.82, 2.24) is 0 Å². The van der Waals surface area contributed by atoms with Gasteiger partial charge in [-0.1, -0.05) is 153 Å². The van der Waals surface area contributed by atoms with E-state index in [1.54, 1.807) is 12.3 Å². The molecule has 0 aromatic heterocycles. The summed E-state index contributed by atoms with van der Waals surface area (Å²) in [7, 11) is 1.52. The van der Waals surface area contributed by atoms with E-state index in [1.165, 1.54) is 109 Å². The Morgan fingerprint density at radius 1 is 0.685 bits per heavy atom. The normalized spacial score (nSPS) is 14.8. The van der Waals surface area contributed by atoms with Crippen molar-refractivity contribution in [3.05, 3.63) is 48.8 Å². The molecule has 54 heavy (non-hydrogen) atoms. The molecule has 0 aromatic rings. The smallest absolute Gasteiger partial charge is 0.472 e. The van der Waals surface area contributed by atoms with Crippen molar-refractivity contribution in [2.45, 2.75) is 180 Å². The predicted octanol–water partition coefficient (Wildman–Crippen LogP) is 11.7. The Hall–Kier alpha value is -1.74. The molecule has 0 rings (SSSR count). The number of carbonyl (C=O) groups is 1. The van der Waals surface area contributed by atoms with E-state index in [0.29, 0.717) is 23.9 Å². The first-order valence-electron chi connectivity index (χ1n) is 21.5. The SMILES string of the molecule is CCCCCCCC/C=C/C/C=C/C=C/C(O)CCCC(=O)O[C@H](CO/C=C/CCCCCCCCCCCCCC)COP(=O)(O)OCC[N+](C)(C)C. The van der Waals surface area contributed by atoms with Crippen LogP contribution in [-0.4, -0.2) is 80.2 Å². The zero-order chi connectivity index (χ0) is 40.0. The highest BCUT2D eigenvalue weighted by Gasteiger charge is 2.26. The number of nitrogens with zero attached hydrogens (tertiary/aromatic N) is 1. The van der Waals surface area contributed by atoms with Gasteiger partial charge in [-0.15, -0.1) is 0 Å². The number of esters is 1. The first kappa shape index (κ1) is 52.3. The van der Waals surface area contributed by atoms with Crippen LogP contribution in [0.5, 0.6) is 0 Å². The Labute approximate surface area is 331 Å². The highest BCUT2D eigenvalue weighted by Crippen LogP contribution is 2.43. The molecule has 0 aliphatic heterocycles. The van der Waals surface area contributed by atoms with Gasteiger partial charge in [0.05, 0.1) is 40.1 Å². The predicted molar refractivity (Wildman–Crippen MR) is 225 cm³/mol. The van der Waals surface area contributed by atoms with Crippen LogP contribution >= 0.6 is 7.82 Å². The van der Waals surface area contributed by atoms with Gasteiger partial charge in [0, 0.05) is 6.42 Å². The maximum Gasteiger partial charge on any atom is 0.472 e. The number of unbranched alkanes of at least 4 members (excludes halogenated alkanes) is 18. The van der Waals surface area contributed by atoms with E-state index in [4.69, 9.17) is 18.5 Å². The van der Waals surface area contributed by atoms with Crippen LogP contribution in [0.2, 0.25) is 0 Å². The largest absolute Gasteiger partial charge is 0.498 e. The topological polar surface area (TPSA) is 112 Å². The average molecular weight is 785 g/mol. The van der Waals surface area contributed by atoms with Crippen LogP contribution in [0.4, 0.5) is 0 Å². The third-order valence-corrected chi connectivity index (χ3v) is 10.0. The van der Waals surface area contributed by atoms with Crippen LogP contribution in [0.3, 0.4) is 0 Å². The Morgan fingerprint density at radius 2 is 1.24 bits per heavy atom. The lowest BCUT2D eigenvalue weighted by atomic mass is 10.0. The summed E-state index contributed by atoms with van der Waals surface area (Å²) in [5.41, 5.74) is 0. The van der Waals surface area contributed by atoms with Crippen LogP contribution < -0.4 is 0 Å². The quantitative estimate of drug-likeness (QED) is 0.0121. The third kappa shape index (κ3) is 39.9. The number of allylic oxidation sites excluding steroid dienone is 6. The number of hydrogen-bond acceptors (Lipinski definition) is 7. The van der Waals surface area contributed by atoms with E-state index >= 15 is 0 Å². The fourth-order valence-electron chi connectivity index (χ4n) is 5.64. The summed E-state index contributed by atoms with van der Waals surface area (Å²) in [6.07, 6.45) is 41.2. The first-order chi connectivity index (χ1) is 26.0. The highest BCUT2D eigenvalue weighted by atomic mass is 31.2. The van der Waals surface area contributed by atoms with Gasteiger partial charge in [0.15, 0.2) is 6.10 Å².